The highest BCUT2D eigenvalue weighted by molar-refractivity contribution is 5.92. The van der Waals surface area contributed by atoms with Crippen molar-refractivity contribution in [2.24, 2.45) is 0 Å². The van der Waals surface area contributed by atoms with Crippen molar-refractivity contribution in [2.45, 2.75) is 19.5 Å². The van der Waals surface area contributed by atoms with Crippen LogP contribution in [0.1, 0.15) is 33.8 Å². The van der Waals surface area contributed by atoms with Crippen LogP contribution in [0.4, 0.5) is 13.2 Å². The van der Waals surface area contributed by atoms with Crippen molar-refractivity contribution in [3.05, 3.63) is 76.1 Å². The molecule has 0 saturated heterocycles. The quantitative estimate of drug-likeness (QED) is 0.509. The third-order valence-corrected chi connectivity index (χ3v) is 4.40. The van der Waals surface area contributed by atoms with E-state index in [0.717, 1.165) is 6.07 Å². The number of amides is 1. The van der Waals surface area contributed by atoms with E-state index in [4.69, 9.17) is 4.42 Å². The van der Waals surface area contributed by atoms with E-state index in [1.165, 1.54) is 12.1 Å². The fourth-order valence-electron chi connectivity index (χ4n) is 3.08. The third-order valence-electron chi connectivity index (χ3n) is 4.40. The molecule has 0 spiro atoms. The van der Waals surface area contributed by atoms with Crippen LogP contribution in [0, 0.1) is 11.0 Å². The highest BCUT2D eigenvalue weighted by atomic mass is 19.3. The molecule has 1 aliphatic heterocycles. The van der Waals surface area contributed by atoms with E-state index in [0.29, 0.717) is 11.1 Å². The van der Waals surface area contributed by atoms with Crippen LogP contribution < -0.4 is 0 Å². The van der Waals surface area contributed by atoms with Gasteiger partial charge in [-0.05, 0) is 24.3 Å². The number of hydroxylamine groups is 3. The van der Waals surface area contributed by atoms with Gasteiger partial charge in [0, 0.05) is 16.7 Å². The van der Waals surface area contributed by atoms with Gasteiger partial charge in [0.1, 0.15) is 18.9 Å². The van der Waals surface area contributed by atoms with Gasteiger partial charge in [-0.3, -0.25) is 4.65 Å². The maximum Gasteiger partial charge on any atom is 0.346 e. The Labute approximate surface area is 151 Å². The van der Waals surface area contributed by atoms with Crippen molar-refractivity contribution in [3.63, 3.8) is 0 Å². The smallest absolute Gasteiger partial charge is 0.346 e. The standard InChI is InChI=1S/C18H12F3N3O3/c19-14-7-10(16-22-23-17(27-16)15(20)21)5-6-12(14)9-24(26)8-11-3-1-2-4-13(11)18(24)25/h1-7,15H,8-9H2. The summed E-state index contributed by atoms with van der Waals surface area (Å²) in [5, 5.41) is 19.6. The highest BCUT2D eigenvalue weighted by Gasteiger charge is 2.39. The second-order valence-electron chi connectivity index (χ2n) is 6.22. The molecular weight excluding hydrogens is 363 g/mol. The molecule has 1 aliphatic rings. The summed E-state index contributed by atoms with van der Waals surface area (Å²) in [6, 6.07) is 10.4. The fraction of sp³-hybridized carbons (Fsp3) is 0.167. The van der Waals surface area contributed by atoms with Crippen LogP contribution in [0.25, 0.3) is 11.5 Å². The van der Waals surface area contributed by atoms with Gasteiger partial charge in [-0.25, -0.2) is 9.18 Å². The fourth-order valence-corrected chi connectivity index (χ4v) is 3.08. The minimum absolute atomic E-state index is 0.0310. The molecule has 1 amide bonds. The number of fused-ring (bicyclic) bond motifs is 1. The van der Waals surface area contributed by atoms with Crippen LogP contribution in [0.2, 0.25) is 0 Å². The average Bonchev–Trinajstić information content (AvgIpc) is 3.22. The molecule has 3 aromatic rings. The van der Waals surface area contributed by atoms with E-state index in [9.17, 15) is 23.2 Å². The molecule has 6 nitrogen and oxygen atoms in total. The Kier molecular flexibility index (Phi) is 4.05. The number of quaternary nitrogens is 1. The lowest BCUT2D eigenvalue weighted by Crippen LogP contribution is -2.41. The van der Waals surface area contributed by atoms with Crippen LogP contribution >= 0.6 is 0 Å². The predicted molar refractivity (Wildman–Crippen MR) is 86.5 cm³/mol. The van der Waals surface area contributed by atoms with Gasteiger partial charge in [-0.1, -0.05) is 18.2 Å². The van der Waals surface area contributed by atoms with Crippen molar-refractivity contribution >= 4 is 5.91 Å². The Hall–Kier alpha value is -3.04. The minimum Gasteiger partial charge on any atom is -0.624 e. The number of hydrogen-bond acceptors (Lipinski definition) is 5. The summed E-state index contributed by atoms with van der Waals surface area (Å²) in [4.78, 5) is 12.4. The largest absolute Gasteiger partial charge is 0.624 e. The monoisotopic (exact) mass is 375 g/mol. The van der Waals surface area contributed by atoms with Crippen molar-refractivity contribution in [1.82, 2.24) is 10.2 Å². The van der Waals surface area contributed by atoms with E-state index < -0.39 is 28.7 Å². The molecule has 9 heteroatoms. The molecule has 1 aromatic heterocycles. The van der Waals surface area contributed by atoms with Gasteiger partial charge in [0.05, 0.1) is 5.56 Å². The summed E-state index contributed by atoms with van der Waals surface area (Å²) in [6.07, 6.45) is -2.93. The summed E-state index contributed by atoms with van der Waals surface area (Å²) >= 11 is 0. The number of aromatic nitrogens is 2. The summed E-state index contributed by atoms with van der Waals surface area (Å²) < 4.78 is 43.1. The number of alkyl halides is 2. The Bertz CT molecular complexity index is 1040. The first-order chi connectivity index (χ1) is 12.9. The Balaban J connectivity index is 1.59. The maximum atomic E-state index is 14.5. The van der Waals surface area contributed by atoms with Crippen molar-refractivity contribution in [2.75, 3.05) is 0 Å². The van der Waals surface area contributed by atoms with E-state index >= 15 is 0 Å². The molecule has 1 atom stereocenters. The van der Waals surface area contributed by atoms with E-state index in [2.05, 4.69) is 10.2 Å². The summed E-state index contributed by atoms with van der Waals surface area (Å²) in [7, 11) is 0. The van der Waals surface area contributed by atoms with Gasteiger partial charge in [0.15, 0.2) is 0 Å². The minimum atomic E-state index is -2.93. The van der Waals surface area contributed by atoms with Crippen LogP contribution in [0.15, 0.2) is 46.9 Å². The molecule has 0 fully saturated rings. The highest BCUT2D eigenvalue weighted by Crippen LogP contribution is 2.32. The zero-order chi connectivity index (χ0) is 19.2. The summed E-state index contributed by atoms with van der Waals surface area (Å²) in [5.41, 5.74) is 1.10. The molecule has 0 aliphatic carbocycles. The molecule has 4 rings (SSSR count). The maximum absolute atomic E-state index is 14.5. The van der Waals surface area contributed by atoms with Crippen molar-refractivity contribution in [1.29, 1.82) is 0 Å². The average molecular weight is 375 g/mol. The zero-order valence-electron chi connectivity index (χ0n) is 13.7. The Morgan fingerprint density at radius 2 is 1.96 bits per heavy atom. The first-order valence-electron chi connectivity index (χ1n) is 7.98. The number of benzene rings is 2. The number of carbonyl (C=O) groups excluding carboxylic acids is 1. The molecule has 0 saturated carbocycles. The van der Waals surface area contributed by atoms with Gasteiger partial charge < -0.3 is 9.62 Å². The number of hydrogen-bond donors (Lipinski definition) is 0. The second kappa shape index (κ2) is 6.29. The summed E-state index contributed by atoms with van der Waals surface area (Å²) in [5.74, 6) is -2.50. The third kappa shape index (κ3) is 3.00. The zero-order valence-corrected chi connectivity index (χ0v) is 13.7. The number of rotatable bonds is 4. The van der Waals surface area contributed by atoms with Crippen LogP contribution in [0.3, 0.4) is 0 Å². The van der Waals surface area contributed by atoms with Gasteiger partial charge in [-0.2, -0.15) is 8.78 Å². The van der Waals surface area contributed by atoms with Crippen LogP contribution in [-0.2, 0) is 13.1 Å². The van der Waals surface area contributed by atoms with Gasteiger partial charge in [0.25, 0.3) is 5.89 Å². The number of nitrogens with zero attached hydrogens (tertiary/aromatic N) is 3. The normalized spacial score (nSPS) is 18.9. The van der Waals surface area contributed by atoms with Crippen molar-refractivity contribution in [3.8, 4) is 11.5 Å². The van der Waals surface area contributed by atoms with Crippen molar-refractivity contribution < 1.29 is 27.0 Å². The first kappa shape index (κ1) is 17.4. The molecular formula is C18H12F3N3O3. The SMILES string of the molecule is O=C1c2ccccc2C[N+]1([O-])Cc1ccc(-c2nnc(C(F)F)o2)cc1F. The molecule has 0 bridgehead atoms. The molecule has 0 N–H and O–H groups in total. The lowest BCUT2D eigenvalue weighted by atomic mass is 10.1. The van der Waals surface area contributed by atoms with Gasteiger partial charge in [-0.15, -0.1) is 10.2 Å². The molecule has 27 heavy (non-hydrogen) atoms. The lowest BCUT2D eigenvalue weighted by Gasteiger charge is -2.35. The molecule has 0 radical (unpaired) electrons. The van der Waals surface area contributed by atoms with E-state index in [1.54, 1.807) is 24.3 Å². The predicted octanol–water partition coefficient (Wildman–Crippen LogP) is 3.98. The van der Waals surface area contributed by atoms with Gasteiger partial charge in [0.2, 0.25) is 5.89 Å². The van der Waals surface area contributed by atoms with E-state index in [-0.39, 0.29) is 30.1 Å². The number of carbonyl (C=O) groups is 1. The lowest BCUT2D eigenvalue weighted by molar-refractivity contribution is -0.821. The number of halogens is 3. The topological polar surface area (TPSA) is 79.0 Å². The molecule has 138 valence electrons. The van der Waals surface area contributed by atoms with Gasteiger partial charge >= 0.3 is 12.3 Å². The molecule has 1 unspecified atom stereocenters. The first-order valence-corrected chi connectivity index (χ1v) is 7.98. The Morgan fingerprint density at radius 3 is 2.63 bits per heavy atom. The van der Waals surface area contributed by atoms with Crippen LogP contribution in [0.5, 0.6) is 0 Å². The van der Waals surface area contributed by atoms with Crippen LogP contribution in [-0.4, -0.2) is 20.8 Å². The Morgan fingerprint density at radius 1 is 1.19 bits per heavy atom. The second-order valence-corrected chi connectivity index (χ2v) is 6.22. The van der Waals surface area contributed by atoms with E-state index in [1.807, 2.05) is 0 Å². The summed E-state index contributed by atoms with van der Waals surface area (Å²) in [6.45, 7) is -0.455. The molecule has 2 aromatic carbocycles. The molecule has 2 heterocycles.